The van der Waals surface area contributed by atoms with Gasteiger partial charge in [0, 0.05) is 28.7 Å². The van der Waals surface area contributed by atoms with Crippen LogP contribution in [0.15, 0.2) is 35.4 Å². The van der Waals surface area contributed by atoms with Gasteiger partial charge in [0.1, 0.15) is 6.10 Å². The highest BCUT2D eigenvalue weighted by Gasteiger charge is 2.50. The molecule has 2 heterocycles. The Bertz CT molecular complexity index is 658. The molecule has 0 saturated carbocycles. The maximum Gasteiger partial charge on any atom is 0.192 e. The molecule has 2 bridgehead atoms. The van der Waals surface area contributed by atoms with Crippen molar-refractivity contribution >= 4 is 11.6 Å². The first-order chi connectivity index (χ1) is 9.09. The van der Waals surface area contributed by atoms with Crippen LogP contribution < -0.4 is 0 Å². The fraction of sp³-hybridized carbons (Fsp3) is 0.333. The molecule has 1 aromatic rings. The fourth-order valence-electron chi connectivity index (χ4n) is 3.14. The van der Waals surface area contributed by atoms with Crippen LogP contribution in [-0.2, 0) is 9.47 Å². The molecular weight excluding hydrogens is 244 g/mol. The number of Topliss-reactive ketones (excluding diaryl/α,β-unsaturated/α-hetero) is 2. The lowest BCUT2D eigenvalue weighted by molar-refractivity contribution is -0.152. The summed E-state index contributed by atoms with van der Waals surface area (Å²) >= 11 is 0. The van der Waals surface area contributed by atoms with Crippen LogP contribution in [-0.4, -0.2) is 30.1 Å². The van der Waals surface area contributed by atoms with Gasteiger partial charge in [0.05, 0.1) is 6.61 Å². The molecule has 4 rings (SSSR count). The molecule has 2 atom stereocenters. The van der Waals surface area contributed by atoms with Crippen LogP contribution in [0.4, 0.5) is 0 Å². The van der Waals surface area contributed by atoms with Crippen molar-refractivity contribution in [2.75, 3.05) is 6.61 Å². The predicted octanol–water partition coefficient (Wildman–Crippen LogP) is 1.90. The summed E-state index contributed by atoms with van der Waals surface area (Å²) in [5, 5.41) is 0. The van der Waals surface area contributed by atoms with Crippen molar-refractivity contribution in [2.24, 2.45) is 0 Å². The molecule has 0 aromatic heterocycles. The Morgan fingerprint density at radius 3 is 2.58 bits per heavy atom. The molecule has 2 aliphatic heterocycles. The Morgan fingerprint density at radius 1 is 1.16 bits per heavy atom. The first-order valence-electron chi connectivity index (χ1n) is 6.32. The second kappa shape index (κ2) is 3.40. The second-order valence-corrected chi connectivity index (χ2v) is 5.32. The van der Waals surface area contributed by atoms with Crippen molar-refractivity contribution in [3.63, 3.8) is 0 Å². The van der Waals surface area contributed by atoms with E-state index in [1.807, 2.05) is 6.92 Å². The number of rotatable bonds is 0. The Morgan fingerprint density at radius 2 is 1.84 bits per heavy atom. The van der Waals surface area contributed by atoms with Crippen LogP contribution in [0.3, 0.4) is 0 Å². The van der Waals surface area contributed by atoms with Crippen LogP contribution in [0.1, 0.15) is 34.1 Å². The zero-order valence-corrected chi connectivity index (χ0v) is 10.4. The van der Waals surface area contributed by atoms with E-state index in [2.05, 4.69) is 0 Å². The lowest BCUT2D eigenvalue weighted by Crippen LogP contribution is -2.39. The number of benzene rings is 1. The van der Waals surface area contributed by atoms with Crippen molar-refractivity contribution < 1.29 is 19.1 Å². The third-order valence-electron chi connectivity index (χ3n) is 4.01. The van der Waals surface area contributed by atoms with Crippen LogP contribution in [0.2, 0.25) is 0 Å². The third-order valence-corrected chi connectivity index (χ3v) is 4.01. The van der Waals surface area contributed by atoms with Gasteiger partial charge in [0.25, 0.3) is 0 Å². The quantitative estimate of drug-likeness (QED) is 0.711. The standard InChI is InChI=1S/C15H12O4/c1-15-6-10-12(11(19-15)7-18-15)14(17)9-5-3-2-4-8(9)13(10)16/h2-5,11H,6-7H2,1H3. The number of hydrogen-bond donors (Lipinski definition) is 0. The minimum atomic E-state index is -0.758. The molecule has 4 heteroatoms. The van der Waals surface area contributed by atoms with E-state index in [9.17, 15) is 9.59 Å². The van der Waals surface area contributed by atoms with Crippen LogP contribution >= 0.6 is 0 Å². The van der Waals surface area contributed by atoms with Crippen LogP contribution in [0.5, 0.6) is 0 Å². The summed E-state index contributed by atoms with van der Waals surface area (Å²) in [4.78, 5) is 25.1. The van der Waals surface area contributed by atoms with Gasteiger partial charge in [-0.25, -0.2) is 0 Å². The molecule has 2 unspecified atom stereocenters. The molecule has 0 radical (unpaired) electrons. The Labute approximate surface area is 110 Å². The SMILES string of the molecule is CC12CC3=C(C(=O)c4ccccc4C3=O)C(CO1)O2. The highest BCUT2D eigenvalue weighted by molar-refractivity contribution is 6.27. The number of carbonyl (C=O) groups is 2. The first-order valence-corrected chi connectivity index (χ1v) is 6.32. The van der Waals surface area contributed by atoms with Crippen molar-refractivity contribution in [1.82, 2.24) is 0 Å². The summed E-state index contributed by atoms with van der Waals surface area (Å²) in [6.45, 7) is 2.16. The normalized spacial score (nSPS) is 32.4. The number of fused-ring (bicyclic) bond motifs is 4. The highest BCUT2D eigenvalue weighted by atomic mass is 16.7. The average molecular weight is 256 g/mol. The number of ether oxygens (including phenoxy) is 2. The van der Waals surface area contributed by atoms with Gasteiger partial charge < -0.3 is 9.47 Å². The van der Waals surface area contributed by atoms with E-state index >= 15 is 0 Å². The zero-order valence-electron chi connectivity index (χ0n) is 10.4. The topological polar surface area (TPSA) is 52.6 Å². The largest absolute Gasteiger partial charge is 0.347 e. The van der Waals surface area contributed by atoms with E-state index in [-0.39, 0.29) is 11.6 Å². The zero-order chi connectivity index (χ0) is 13.2. The van der Waals surface area contributed by atoms with E-state index in [1.54, 1.807) is 24.3 Å². The first kappa shape index (κ1) is 11.1. The monoisotopic (exact) mass is 256 g/mol. The lowest BCUT2D eigenvalue weighted by Gasteiger charge is -2.33. The molecule has 1 fully saturated rings. The van der Waals surface area contributed by atoms with Crippen molar-refractivity contribution in [3.05, 3.63) is 46.5 Å². The smallest absolute Gasteiger partial charge is 0.192 e. The second-order valence-electron chi connectivity index (χ2n) is 5.32. The van der Waals surface area contributed by atoms with Gasteiger partial charge in [-0.15, -0.1) is 0 Å². The highest BCUT2D eigenvalue weighted by Crippen LogP contribution is 2.44. The maximum absolute atomic E-state index is 12.5. The summed E-state index contributed by atoms with van der Waals surface area (Å²) in [6, 6.07) is 6.96. The van der Waals surface area contributed by atoms with E-state index < -0.39 is 11.9 Å². The lowest BCUT2D eigenvalue weighted by atomic mass is 9.79. The minimum Gasteiger partial charge on any atom is -0.347 e. The van der Waals surface area contributed by atoms with Crippen molar-refractivity contribution in [1.29, 1.82) is 0 Å². The molecule has 96 valence electrons. The van der Waals surface area contributed by atoms with E-state index in [0.29, 0.717) is 35.3 Å². The Balaban J connectivity index is 1.94. The molecule has 0 N–H and O–H groups in total. The van der Waals surface area contributed by atoms with Gasteiger partial charge in [-0.1, -0.05) is 24.3 Å². The number of hydrogen-bond acceptors (Lipinski definition) is 4. The molecule has 1 aromatic carbocycles. The predicted molar refractivity (Wildman–Crippen MR) is 66.0 cm³/mol. The average Bonchev–Trinajstić information content (AvgIpc) is 2.72. The molecule has 3 aliphatic rings. The summed E-state index contributed by atoms with van der Waals surface area (Å²) in [7, 11) is 0. The maximum atomic E-state index is 12.5. The Hall–Kier alpha value is -1.78. The van der Waals surface area contributed by atoms with E-state index in [1.165, 1.54) is 0 Å². The molecule has 1 aliphatic carbocycles. The van der Waals surface area contributed by atoms with E-state index in [0.717, 1.165) is 0 Å². The van der Waals surface area contributed by atoms with Crippen LogP contribution in [0, 0.1) is 0 Å². The van der Waals surface area contributed by atoms with Gasteiger partial charge in [-0.2, -0.15) is 0 Å². The number of carbonyl (C=O) groups excluding carboxylic acids is 2. The summed E-state index contributed by atoms with van der Waals surface area (Å²) in [5.41, 5.74) is 2.04. The van der Waals surface area contributed by atoms with Gasteiger partial charge >= 0.3 is 0 Å². The fourth-order valence-corrected chi connectivity index (χ4v) is 3.14. The third kappa shape index (κ3) is 1.35. The molecule has 4 nitrogen and oxygen atoms in total. The summed E-state index contributed by atoms with van der Waals surface area (Å²) in [6.07, 6.45) is -0.0591. The number of ketones is 2. The molecular formula is C15H12O4. The van der Waals surface area contributed by atoms with Crippen molar-refractivity contribution in [3.8, 4) is 0 Å². The molecule has 1 saturated heterocycles. The summed E-state index contributed by atoms with van der Waals surface area (Å²) in [5.74, 6) is -0.913. The van der Waals surface area contributed by atoms with E-state index in [4.69, 9.17) is 9.47 Å². The molecule has 19 heavy (non-hydrogen) atoms. The minimum absolute atomic E-state index is 0.0600. The Kier molecular flexibility index (Phi) is 1.99. The van der Waals surface area contributed by atoms with Gasteiger partial charge in [0.2, 0.25) is 0 Å². The van der Waals surface area contributed by atoms with Crippen LogP contribution in [0.25, 0.3) is 0 Å². The van der Waals surface area contributed by atoms with Crippen molar-refractivity contribution in [2.45, 2.75) is 25.2 Å². The van der Waals surface area contributed by atoms with Gasteiger partial charge in [-0.05, 0) is 6.92 Å². The molecule has 0 amide bonds. The van der Waals surface area contributed by atoms with Gasteiger partial charge in [-0.3, -0.25) is 9.59 Å². The van der Waals surface area contributed by atoms with Gasteiger partial charge in [0.15, 0.2) is 17.4 Å². The molecule has 0 spiro atoms. The summed E-state index contributed by atoms with van der Waals surface area (Å²) < 4.78 is 11.3.